The Balaban J connectivity index is 0. The predicted octanol–water partition coefficient (Wildman–Crippen LogP) is -0.228. The fourth-order valence-electron chi connectivity index (χ4n) is 0.721. The summed E-state index contributed by atoms with van der Waals surface area (Å²) in [5.41, 5.74) is -0.312. The molecule has 0 aliphatic rings. The highest BCUT2D eigenvalue weighted by Gasteiger charge is 2.28. The topological polar surface area (TPSA) is 3.24 Å². The van der Waals surface area contributed by atoms with Crippen molar-refractivity contribution in [2.45, 2.75) is 25.8 Å². The van der Waals surface area contributed by atoms with Crippen LogP contribution in [0.15, 0.2) is 0 Å². The van der Waals surface area contributed by atoms with Crippen LogP contribution in [-0.2, 0) is 0 Å². The Kier molecular flexibility index (Phi) is 7.75. The van der Waals surface area contributed by atoms with Crippen LogP contribution in [0.4, 0.5) is 4.39 Å². The number of quaternary nitrogens is 1. The van der Waals surface area contributed by atoms with Crippen molar-refractivity contribution >= 4 is 23.6 Å². The predicted molar refractivity (Wildman–Crippen MR) is 55.2 cm³/mol. The molecule has 0 spiro atoms. The number of halogens is 4. The lowest BCUT2D eigenvalue weighted by Crippen LogP contribution is -3.00. The summed E-state index contributed by atoms with van der Waals surface area (Å²) in [4.78, 5) is 0. The van der Waals surface area contributed by atoms with E-state index in [2.05, 4.69) is 0 Å². The van der Waals surface area contributed by atoms with Crippen LogP contribution in [0.1, 0.15) is 20.3 Å². The van der Waals surface area contributed by atoms with E-state index in [1.807, 2.05) is 27.9 Å². The second-order valence-corrected chi connectivity index (χ2v) is 5.42. The summed E-state index contributed by atoms with van der Waals surface area (Å²) in [6.07, 6.45) is 0.747. The Morgan fingerprint density at radius 2 is 1.71 bits per heavy atom. The van der Waals surface area contributed by atoms with Crippen molar-refractivity contribution < 1.29 is 21.3 Å². The first-order chi connectivity index (χ1) is 5.71. The molecule has 0 unspecified atom stereocenters. The van der Waals surface area contributed by atoms with Crippen LogP contribution in [-0.4, -0.2) is 41.4 Å². The monoisotopic (exact) mass is 266 g/mol. The summed E-state index contributed by atoms with van der Waals surface area (Å²) in [6.45, 7) is 4.18. The Morgan fingerprint density at radius 1 is 1.29 bits per heavy atom. The van der Waals surface area contributed by atoms with Crippen molar-refractivity contribution in [1.29, 1.82) is 0 Å². The van der Waals surface area contributed by atoms with Gasteiger partial charge in [-0.2, -0.15) is 4.39 Å². The number of rotatable bonds is 5. The zero-order valence-corrected chi connectivity index (χ0v) is 11.3. The Labute approximate surface area is 102 Å². The van der Waals surface area contributed by atoms with Gasteiger partial charge in [-0.3, -0.25) is 0 Å². The molecule has 0 saturated heterocycles. The van der Waals surface area contributed by atoms with E-state index in [-0.39, 0.29) is 24.7 Å². The zero-order chi connectivity index (χ0) is 10.7. The second-order valence-electron chi connectivity index (χ2n) is 4.57. The third kappa shape index (κ3) is 6.25. The largest absolute Gasteiger partial charge is 1.00 e. The normalized spacial score (nSPS) is 12.9. The molecule has 0 heterocycles. The molecule has 88 valence electrons. The number of hydrogen-bond acceptors (Lipinski definition) is 1. The van der Waals surface area contributed by atoms with Gasteiger partial charge in [0.05, 0.1) is 26.2 Å². The molecule has 0 saturated carbocycles. The van der Waals surface area contributed by atoms with Gasteiger partial charge in [-0.15, -0.1) is 3.94 Å². The third-order valence-corrected chi connectivity index (χ3v) is 3.03. The van der Waals surface area contributed by atoms with Crippen LogP contribution >= 0.6 is 23.6 Å². The summed E-state index contributed by atoms with van der Waals surface area (Å²) in [6, 6.07) is 0. The molecular weight excluding hydrogens is 249 g/mol. The van der Waals surface area contributed by atoms with Gasteiger partial charge >= 0.3 is 0 Å². The molecule has 0 aromatic carbocycles. The van der Waals surface area contributed by atoms with Crippen molar-refractivity contribution in [3.63, 3.8) is 0 Å². The van der Waals surface area contributed by atoms with E-state index < -0.39 is 0 Å². The van der Waals surface area contributed by atoms with E-state index in [0.29, 0.717) is 11.0 Å². The second kappa shape index (κ2) is 6.33. The van der Waals surface area contributed by atoms with Crippen molar-refractivity contribution in [3.05, 3.63) is 0 Å². The molecule has 0 aliphatic heterocycles. The van der Waals surface area contributed by atoms with Gasteiger partial charge in [0.1, 0.15) is 0 Å². The average Bonchev–Trinajstić information content (AvgIpc) is 2.01. The van der Waals surface area contributed by atoms with E-state index in [9.17, 15) is 4.39 Å². The van der Waals surface area contributed by atoms with Crippen LogP contribution in [0.2, 0.25) is 0 Å². The maximum Gasteiger partial charge on any atom is 0.221 e. The highest BCUT2D eigenvalue weighted by molar-refractivity contribution is 6.34. The maximum absolute atomic E-state index is 12.4. The SMILES string of the molecule is CC(C)(CC[N+](C)(C)CF)N(Cl)Cl.[Cl-]. The Hall–Kier alpha value is 0.720. The molecule has 0 fully saturated rings. The van der Waals surface area contributed by atoms with Crippen LogP contribution < -0.4 is 12.4 Å². The minimum absolute atomic E-state index is 0. The van der Waals surface area contributed by atoms with Crippen LogP contribution in [0, 0.1) is 0 Å². The minimum Gasteiger partial charge on any atom is -1.00 e. The molecule has 0 atom stereocenters. The summed E-state index contributed by atoms with van der Waals surface area (Å²) in [5, 5.41) is 0. The number of hydrogen-bond donors (Lipinski definition) is 0. The van der Waals surface area contributed by atoms with Crippen LogP contribution in [0.25, 0.3) is 0 Å². The van der Waals surface area contributed by atoms with Gasteiger partial charge in [-0.05, 0) is 37.4 Å². The van der Waals surface area contributed by atoms with Gasteiger partial charge in [-0.25, -0.2) is 0 Å². The Bertz CT molecular complexity index is 163. The first kappa shape index (κ1) is 17.1. The molecule has 0 rings (SSSR count). The molecule has 2 nitrogen and oxygen atoms in total. The van der Waals surface area contributed by atoms with E-state index in [1.54, 1.807) is 0 Å². The van der Waals surface area contributed by atoms with Crippen LogP contribution in [0.5, 0.6) is 0 Å². The highest BCUT2D eigenvalue weighted by atomic mass is 35.5. The van der Waals surface area contributed by atoms with Gasteiger partial charge < -0.3 is 16.9 Å². The van der Waals surface area contributed by atoms with Crippen molar-refractivity contribution in [1.82, 2.24) is 3.94 Å². The van der Waals surface area contributed by atoms with E-state index >= 15 is 0 Å². The lowest BCUT2D eigenvalue weighted by Gasteiger charge is -2.32. The average molecular weight is 268 g/mol. The molecule has 0 aromatic rings. The fraction of sp³-hybridized carbons (Fsp3) is 1.00. The lowest BCUT2D eigenvalue weighted by molar-refractivity contribution is -0.903. The Morgan fingerprint density at radius 3 is 2.00 bits per heavy atom. The standard InChI is InChI=1S/C8H18Cl2FN2.ClH/c1-8(2,12(9)10)5-6-13(3,4)7-11;/h5-7H2,1-4H3;1H/q+1;/p-1. The van der Waals surface area contributed by atoms with Gasteiger partial charge in [0, 0.05) is 6.42 Å². The summed E-state index contributed by atoms with van der Waals surface area (Å²) < 4.78 is 13.9. The molecule has 14 heavy (non-hydrogen) atoms. The highest BCUT2D eigenvalue weighted by Crippen LogP contribution is 2.24. The molecule has 0 N–H and O–H groups in total. The fourth-order valence-corrected chi connectivity index (χ4v) is 0.890. The molecule has 6 heteroatoms. The maximum atomic E-state index is 12.4. The smallest absolute Gasteiger partial charge is 0.221 e. The van der Waals surface area contributed by atoms with Gasteiger partial charge in [0.15, 0.2) is 0 Å². The number of nitrogens with zero attached hydrogens (tertiary/aromatic N) is 2. The van der Waals surface area contributed by atoms with E-state index in [1.165, 1.54) is 0 Å². The van der Waals surface area contributed by atoms with Crippen molar-refractivity contribution in [3.8, 4) is 0 Å². The van der Waals surface area contributed by atoms with Crippen molar-refractivity contribution in [2.24, 2.45) is 0 Å². The summed E-state index contributed by atoms with van der Waals surface area (Å²) in [5.74, 6) is 0. The van der Waals surface area contributed by atoms with E-state index in [0.717, 1.165) is 10.4 Å². The molecule has 0 bridgehead atoms. The lowest BCUT2D eigenvalue weighted by atomic mass is 10.0. The number of alkyl halides is 1. The summed E-state index contributed by atoms with van der Waals surface area (Å²) in [7, 11) is 3.67. The van der Waals surface area contributed by atoms with Crippen LogP contribution in [0.3, 0.4) is 0 Å². The molecule has 0 aromatic heterocycles. The molecule has 0 radical (unpaired) electrons. The first-order valence-corrected chi connectivity index (χ1v) is 4.89. The van der Waals surface area contributed by atoms with Gasteiger partial charge in [0.2, 0.25) is 6.80 Å². The third-order valence-electron chi connectivity index (χ3n) is 2.11. The molecular formula is C8H18Cl3FN2. The first-order valence-electron chi connectivity index (χ1n) is 4.21. The zero-order valence-electron chi connectivity index (χ0n) is 9.03. The molecule has 0 aliphatic carbocycles. The van der Waals surface area contributed by atoms with Gasteiger partial charge in [0.25, 0.3) is 0 Å². The van der Waals surface area contributed by atoms with Crippen molar-refractivity contribution in [2.75, 3.05) is 27.4 Å². The minimum atomic E-state index is -0.374. The van der Waals surface area contributed by atoms with E-state index in [4.69, 9.17) is 23.6 Å². The summed E-state index contributed by atoms with van der Waals surface area (Å²) >= 11 is 11.3. The quantitative estimate of drug-likeness (QED) is 0.378. The van der Waals surface area contributed by atoms with Gasteiger partial charge in [-0.1, -0.05) is 0 Å². The molecule has 0 amide bonds.